The number of aliphatic hydroxyl groups is 1. The SMILES string of the molecule is Cc1ccc(NCC(=O)N2N=C(c3ccc([N+](=O)[O-])o3)CC2(O)c2ccc(Cl)cc2)cc1. The highest BCUT2D eigenvalue weighted by molar-refractivity contribution is 6.30. The Morgan fingerprint density at radius 3 is 2.53 bits per heavy atom. The van der Waals surface area contributed by atoms with E-state index in [1.165, 1.54) is 12.1 Å². The van der Waals surface area contributed by atoms with Crippen LogP contribution >= 0.6 is 11.6 Å². The number of rotatable bonds is 6. The number of hydrazone groups is 1. The molecule has 0 aliphatic carbocycles. The average molecular weight is 455 g/mol. The number of halogens is 1. The van der Waals surface area contributed by atoms with Crippen molar-refractivity contribution in [2.45, 2.75) is 19.1 Å². The van der Waals surface area contributed by atoms with Crippen molar-refractivity contribution in [1.82, 2.24) is 5.01 Å². The molecular formula is C22H19ClN4O5. The van der Waals surface area contributed by atoms with E-state index in [-0.39, 0.29) is 24.4 Å². The van der Waals surface area contributed by atoms with Crippen LogP contribution in [0.25, 0.3) is 0 Å². The summed E-state index contributed by atoms with van der Waals surface area (Å²) in [6, 6.07) is 16.5. The number of hydrogen-bond donors (Lipinski definition) is 2. The largest absolute Gasteiger partial charge is 0.433 e. The van der Waals surface area contributed by atoms with Crippen molar-refractivity contribution in [1.29, 1.82) is 0 Å². The standard InChI is InChI=1S/C22H19ClN4O5/c1-14-2-8-17(9-3-14)24-13-20(28)26-22(29,15-4-6-16(23)7-5-15)12-18(25-26)19-10-11-21(32-19)27(30)31/h2-11,24,29H,12-13H2,1H3. The van der Waals surface area contributed by atoms with Crippen LogP contribution in [0.2, 0.25) is 5.02 Å². The second-order valence-corrected chi connectivity index (χ2v) is 7.80. The van der Waals surface area contributed by atoms with Crippen LogP contribution in [0.4, 0.5) is 11.6 Å². The molecule has 1 aliphatic rings. The van der Waals surface area contributed by atoms with E-state index in [9.17, 15) is 20.0 Å². The number of hydrogen-bond acceptors (Lipinski definition) is 7. The number of benzene rings is 2. The number of aryl methyl sites for hydroxylation is 1. The zero-order valence-electron chi connectivity index (χ0n) is 17.0. The van der Waals surface area contributed by atoms with Gasteiger partial charge in [0.1, 0.15) is 10.6 Å². The third-order valence-corrected chi connectivity index (χ3v) is 5.33. The lowest BCUT2D eigenvalue weighted by Gasteiger charge is -2.31. The summed E-state index contributed by atoms with van der Waals surface area (Å²) in [4.78, 5) is 23.4. The Labute approximate surface area is 188 Å². The van der Waals surface area contributed by atoms with Gasteiger partial charge in [-0.05, 0) is 37.3 Å². The molecule has 2 N–H and O–H groups in total. The fraction of sp³-hybridized carbons (Fsp3) is 0.182. The summed E-state index contributed by atoms with van der Waals surface area (Å²) in [6.07, 6.45) is -0.116. The minimum atomic E-state index is -1.81. The quantitative estimate of drug-likeness (QED) is 0.428. The lowest BCUT2D eigenvalue weighted by atomic mass is 9.96. The molecule has 1 atom stereocenters. The van der Waals surface area contributed by atoms with E-state index < -0.39 is 22.4 Å². The molecule has 164 valence electrons. The van der Waals surface area contributed by atoms with E-state index in [0.717, 1.165) is 16.3 Å². The molecule has 1 aromatic heterocycles. The number of anilines is 1. The number of nitro groups is 1. The Bertz CT molecular complexity index is 1190. The summed E-state index contributed by atoms with van der Waals surface area (Å²) >= 11 is 5.97. The number of furan rings is 1. The molecule has 0 saturated heterocycles. The van der Waals surface area contributed by atoms with E-state index in [0.29, 0.717) is 10.6 Å². The molecule has 10 heteroatoms. The molecule has 0 saturated carbocycles. The first kappa shape index (κ1) is 21.5. The highest BCUT2D eigenvalue weighted by Crippen LogP contribution is 2.38. The molecule has 2 heterocycles. The highest BCUT2D eigenvalue weighted by Gasteiger charge is 2.47. The van der Waals surface area contributed by atoms with Gasteiger partial charge in [-0.15, -0.1) is 0 Å². The Morgan fingerprint density at radius 1 is 1.22 bits per heavy atom. The molecule has 1 aliphatic heterocycles. The van der Waals surface area contributed by atoms with E-state index >= 15 is 0 Å². The van der Waals surface area contributed by atoms with Gasteiger partial charge in [0.2, 0.25) is 0 Å². The Kier molecular flexibility index (Phi) is 5.68. The summed E-state index contributed by atoms with van der Waals surface area (Å²) < 4.78 is 5.23. The number of carbonyl (C=O) groups excluding carboxylic acids is 1. The lowest BCUT2D eigenvalue weighted by Crippen LogP contribution is -2.45. The molecule has 1 unspecified atom stereocenters. The van der Waals surface area contributed by atoms with E-state index in [4.69, 9.17) is 16.0 Å². The van der Waals surface area contributed by atoms with Gasteiger partial charge in [-0.25, -0.2) is 0 Å². The van der Waals surface area contributed by atoms with Crippen molar-refractivity contribution in [3.05, 3.63) is 92.7 Å². The maximum atomic E-state index is 13.1. The highest BCUT2D eigenvalue weighted by atomic mass is 35.5. The number of carbonyl (C=O) groups is 1. The zero-order chi connectivity index (χ0) is 22.9. The third kappa shape index (κ3) is 4.20. The number of amides is 1. The monoisotopic (exact) mass is 454 g/mol. The minimum Gasteiger partial charge on any atom is -0.399 e. The van der Waals surface area contributed by atoms with Crippen LogP contribution in [0.15, 0.2) is 70.2 Å². The Balaban J connectivity index is 1.63. The molecular weight excluding hydrogens is 436 g/mol. The molecule has 32 heavy (non-hydrogen) atoms. The predicted molar refractivity (Wildman–Crippen MR) is 118 cm³/mol. The third-order valence-electron chi connectivity index (χ3n) is 5.08. The van der Waals surface area contributed by atoms with E-state index in [2.05, 4.69) is 10.4 Å². The summed E-state index contributed by atoms with van der Waals surface area (Å²) in [6.45, 7) is 1.83. The molecule has 3 aromatic rings. The van der Waals surface area contributed by atoms with Crippen LogP contribution in [0, 0.1) is 17.0 Å². The van der Waals surface area contributed by atoms with Crippen molar-refractivity contribution in [2.75, 3.05) is 11.9 Å². The van der Waals surface area contributed by atoms with Crippen LogP contribution in [-0.2, 0) is 10.5 Å². The fourth-order valence-corrected chi connectivity index (χ4v) is 3.52. The number of nitrogens with one attached hydrogen (secondary N) is 1. The van der Waals surface area contributed by atoms with Gasteiger partial charge in [0.25, 0.3) is 5.91 Å². The summed E-state index contributed by atoms with van der Waals surface area (Å²) in [7, 11) is 0. The van der Waals surface area contributed by atoms with Gasteiger partial charge < -0.3 is 14.8 Å². The van der Waals surface area contributed by atoms with Crippen LogP contribution in [-0.4, -0.2) is 33.2 Å². The second kappa shape index (κ2) is 8.45. The molecule has 2 aromatic carbocycles. The van der Waals surface area contributed by atoms with Crippen LogP contribution in [0.5, 0.6) is 0 Å². The van der Waals surface area contributed by atoms with E-state index in [1.807, 2.05) is 31.2 Å². The van der Waals surface area contributed by atoms with Crippen LogP contribution in [0.3, 0.4) is 0 Å². The fourth-order valence-electron chi connectivity index (χ4n) is 3.39. The van der Waals surface area contributed by atoms with Crippen molar-refractivity contribution in [3.8, 4) is 0 Å². The predicted octanol–water partition coefficient (Wildman–Crippen LogP) is 4.04. The minimum absolute atomic E-state index is 0.103. The first-order valence-corrected chi connectivity index (χ1v) is 10.1. The van der Waals surface area contributed by atoms with Crippen molar-refractivity contribution >= 4 is 34.8 Å². The zero-order valence-corrected chi connectivity index (χ0v) is 17.7. The maximum Gasteiger partial charge on any atom is 0.433 e. The molecule has 0 fully saturated rings. The van der Waals surface area contributed by atoms with Gasteiger partial charge in [-0.3, -0.25) is 14.9 Å². The van der Waals surface area contributed by atoms with Crippen molar-refractivity contribution in [3.63, 3.8) is 0 Å². The normalized spacial score (nSPS) is 17.8. The van der Waals surface area contributed by atoms with Gasteiger partial charge in [0, 0.05) is 22.7 Å². The van der Waals surface area contributed by atoms with E-state index in [1.54, 1.807) is 24.3 Å². The Hall–Kier alpha value is -3.69. The Morgan fingerprint density at radius 2 is 1.91 bits per heavy atom. The molecule has 0 bridgehead atoms. The molecule has 0 spiro atoms. The van der Waals surface area contributed by atoms with Gasteiger partial charge >= 0.3 is 5.88 Å². The van der Waals surface area contributed by atoms with Gasteiger partial charge in [-0.2, -0.15) is 10.1 Å². The van der Waals surface area contributed by atoms with Crippen molar-refractivity contribution in [2.24, 2.45) is 5.10 Å². The summed E-state index contributed by atoms with van der Waals surface area (Å²) in [5.41, 5.74) is 0.613. The number of nitrogens with zero attached hydrogens (tertiary/aromatic N) is 3. The summed E-state index contributed by atoms with van der Waals surface area (Å²) in [5, 5.41) is 31.2. The van der Waals surface area contributed by atoms with Crippen LogP contribution in [0.1, 0.15) is 23.3 Å². The smallest absolute Gasteiger partial charge is 0.399 e. The van der Waals surface area contributed by atoms with Crippen molar-refractivity contribution < 1.29 is 19.2 Å². The first-order valence-electron chi connectivity index (χ1n) is 9.70. The average Bonchev–Trinajstić information content (AvgIpc) is 3.39. The lowest BCUT2D eigenvalue weighted by molar-refractivity contribution is -0.402. The molecule has 0 radical (unpaired) electrons. The molecule has 1 amide bonds. The molecule has 9 nitrogen and oxygen atoms in total. The van der Waals surface area contributed by atoms with Gasteiger partial charge in [-0.1, -0.05) is 41.4 Å². The van der Waals surface area contributed by atoms with Gasteiger partial charge in [0.15, 0.2) is 11.5 Å². The van der Waals surface area contributed by atoms with Crippen LogP contribution < -0.4 is 5.32 Å². The summed E-state index contributed by atoms with van der Waals surface area (Å²) in [5.74, 6) is -0.853. The molecule has 4 rings (SSSR count). The topological polar surface area (TPSA) is 121 Å². The second-order valence-electron chi connectivity index (χ2n) is 7.37. The first-order chi connectivity index (χ1) is 15.3. The maximum absolute atomic E-state index is 13.1. The van der Waals surface area contributed by atoms with Gasteiger partial charge in [0.05, 0.1) is 12.6 Å².